The van der Waals surface area contributed by atoms with E-state index in [1.807, 2.05) is 20.8 Å². The quantitative estimate of drug-likeness (QED) is 0.492. The third kappa shape index (κ3) is 7.73. The van der Waals surface area contributed by atoms with Gasteiger partial charge in [-0.1, -0.05) is 32.6 Å². The van der Waals surface area contributed by atoms with Crippen LogP contribution in [0.3, 0.4) is 0 Å². The zero-order chi connectivity index (χ0) is 18.5. The molecule has 4 atom stereocenters. The molecule has 1 saturated carbocycles. The number of hydrogen-bond donors (Lipinski definition) is 1. The van der Waals surface area contributed by atoms with E-state index in [2.05, 4.69) is 19.2 Å². The van der Waals surface area contributed by atoms with Crippen molar-refractivity contribution in [3.05, 3.63) is 5.73 Å². The Balaban J connectivity index is 0.00000576. The van der Waals surface area contributed by atoms with Crippen LogP contribution in [0.5, 0.6) is 0 Å². The molecule has 25 heavy (non-hydrogen) atoms. The Morgan fingerprint density at radius 1 is 1.20 bits per heavy atom. The predicted octanol–water partition coefficient (Wildman–Crippen LogP) is 3.94. The monoisotopic (exact) mass is 568 g/mol. The van der Waals surface area contributed by atoms with Gasteiger partial charge < -0.3 is 20.5 Å². The van der Waals surface area contributed by atoms with Crippen molar-refractivity contribution in [1.29, 1.82) is 0 Å². The fourth-order valence-electron chi connectivity index (χ4n) is 3.60. The van der Waals surface area contributed by atoms with Gasteiger partial charge in [0, 0.05) is 50.1 Å². The van der Waals surface area contributed by atoms with Crippen molar-refractivity contribution in [1.82, 2.24) is 5.32 Å². The molecule has 0 aromatic carbocycles. The zero-order valence-electron chi connectivity index (χ0n) is 16.4. The van der Waals surface area contributed by atoms with Crippen LogP contribution in [-0.4, -0.2) is 36.9 Å². The van der Waals surface area contributed by atoms with Crippen molar-refractivity contribution < 1.29 is 63.1 Å². The van der Waals surface area contributed by atoms with Crippen molar-refractivity contribution in [2.45, 2.75) is 78.0 Å². The third-order valence-corrected chi connectivity index (χ3v) is 4.87. The van der Waals surface area contributed by atoms with E-state index in [1.165, 1.54) is 7.11 Å². The molecule has 6 nitrogen and oxygen atoms in total. The van der Waals surface area contributed by atoms with Crippen molar-refractivity contribution in [2.24, 2.45) is 17.8 Å². The maximum absolute atomic E-state index is 12.1. The van der Waals surface area contributed by atoms with E-state index < -0.39 is 11.7 Å². The SMILES string of the molecule is CCC(CC)C([NH-])C1CC(C(=O)OC)CC1NC(=O)OC(C)(C)C.[Ac]. The van der Waals surface area contributed by atoms with Crippen LogP contribution < -0.4 is 5.32 Å². The zero-order valence-corrected chi connectivity index (χ0v) is 21.2. The van der Waals surface area contributed by atoms with Gasteiger partial charge in [0.05, 0.1) is 13.0 Å². The van der Waals surface area contributed by atoms with Crippen LogP contribution in [0.4, 0.5) is 4.79 Å². The van der Waals surface area contributed by atoms with E-state index in [1.54, 1.807) is 0 Å². The number of nitrogens with one attached hydrogen (secondary N) is 2. The van der Waals surface area contributed by atoms with E-state index in [0.29, 0.717) is 12.8 Å². The molecule has 1 aliphatic rings. The largest absolute Gasteiger partial charge is 0.674 e. The van der Waals surface area contributed by atoms with Gasteiger partial charge in [-0.3, -0.25) is 4.79 Å². The van der Waals surface area contributed by atoms with Crippen LogP contribution in [0.15, 0.2) is 0 Å². The second-order valence-corrected chi connectivity index (χ2v) is 7.71. The van der Waals surface area contributed by atoms with Crippen LogP contribution in [0, 0.1) is 61.8 Å². The normalized spacial score (nSPS) is 24.4. The van der Waals surface area contributed by atoms with Gasteiger partial charge in [0.25, 0.3) is 0 Å². The van der Waals surface area contributed by atoms with E-state index in [4.69, 9.17) is 15.2 Å². The molecular formula is C18H33AcN2O4-. The van der Waals surface area contributed by atoms with Gasteiger partial charge in [-0.15, -0.1) is 6.04 Å². The minimum Gasteiger partial charge on any atom is -0.674 e. The summed E-state index contributed by atoms with van der Waals surface area (Å²) in [5.74, 6) is -0.326. The average Bonchev–Trinajstić information content (AvgIpc) is 2.89. The van der Waals surface area contributed by atoms with E-state index in [9.17, 15) is 9.59 Å². The van der Waals surface area contributed by atoms with Crippen molar-refractivity contribution in [3.63, 3.8) is 0 Å². The molecule has 0 heterocycles. The summed E-state index contributed by atoms with van der Waals surface area (Å²) in [5, 5.41) is 2.89. The summed E-state index contributed by atoms with van der Waals surface area (Å²) in [5.41, 5.74) is 8.05. The van der Waals surface area contributed by atoms with Crippen LogP contribution in [-0.2, 0) is 14.3 Å². The Morgan fingerprint density at radius 2 is 1.76 bits per heavy atom. The first-order chi connectivity index (χ1) is 11.1. The third-order valence-electron chi connectivity index (χ3n) is 4.87. The minimum atomic E-state index is -0.574. The molecule has 0 aliphatic heterocycles. The topological polar surface area (TPSA) is 88.4 Å². The fraction of sp³-hybridized carbons (Fsp3) is 0.889. The first kappa shape index (κ1) is 25.1. The van der Waals surface area contributed by atoms with Gasteiger partial charge in [-0.2, -0.15) is 0 Å². The molecule has 1 aliphatic carbocycles. The Morgan fingerprint density at radius 3 is 2.20 bits per heavy atom. The number of carbonyl (C=O) groups is 2. The van der Waals surface area contributed by atoms with Crippen LogP contribution >= 0.6 is 0 Å². The smallest absolute Gasteiger partial charge is 0.407 e. The number of rotatable bonds is 6. The first-order valence-corrected chi connectivity index (χ1v) is 8.91. The summed E-state index contributed by atoms with van der Waals surface area (Å²) in [7, 11) is 1.38. The second-order valence-electron chi connectivity index (χ2n) is 7.71. The van der Waals surface area contributed by atoms with Crippen molar-refractivity contribution >= 4 is 12.1 Å². The number of ether oxygens (including phenoxy) is 2. The first-order valence-electron chi connectivity index (χ1n) is 8.91. The molecule has 4 unspecified atom stereocenters. The Hall–Kier alpha value is 0.142. The van der Waals surface area contributed by atoms with Crippen LogP contribution in [0.1, 0.15) is 60.3 Å². The van der Waals surface area contributed by atoms with E-state index in [-0.39, 0.29) is 79.9 Å². The maximum Gasteiger partial charge on any atom is 0.407 e. The fourth-order valence-corrected chi connectivity index (χ4v) is 3.60. The number of methoxy groups -OCH3 is 1. The number of hydrogen-bond acceptors (Lipinski definition) is 4. The summed E-state index contributed by atoms with van der Waals surface area (Å²) in [6.45, 7) is 9.60. The molecule has 7 heteroatoms. The summed E-state index contributed by atoms with van der Waals surface area (Å²) < 4.78 is 10.2. The molecule has 0 aromatic rings. The molecular weight excluding hydrogens is 535 g/mol. The number of carbonyl (C=O) groups excluding carboxylic acids is 2. The van der Waals surface area contributed by atoms with Crippen LogP contribution in [0.25, 0.3) is 5.73 Å². The van der Waals surface area contributed by atoms with E-state index >= 15 is 0 Å². The van der Waals surface area contributed by atoms with Crippen LogP contribution in [0.2, 0.25) is 0 Å². The molecule has 1 amide bonds. The van der Waals surface area contributed by atoms with Gasteiger partial charge in [0.15, 0.2) is 0 Å². The molecule has 1 radical (unpaired) electrons. The molecule has 0 spiro atoms. The standard InChI is InChI=1S/C18H33N2O4.Ac/c1-7-11(8-2)15(19)13-9-12(16(21)23-6)10-14(13)20-17(22)24-18(3,4)5;/h11-15,19H,7-10H2,1-6H3,(H,20,22);/q-1;. The second kappa shape index (κ2) is 11.1. The summed E-state index contributed by atoms with van der Waals surface area (Å²) in [6.07, 6.45) is 2.44. The summed E-state index contributed by atoms with van der Waals surface area (Å²) >= 11 is 0. The van der Waals surface area contributed by atoms with Crippen molar-refractivity contribution in [3.8, 4) is 0 Å². The average molecular weight is 568 g/mol. The minimum absolute atomic E-state index is 0. The molecule has 1 rings (SSSR count). The van der Waals surface area contributed by atoms with E-state index in [0.717, 1.165) is 12.8 Å². The molecule has 2 N–H and O–H groups in total. The summed E-state index contributed by atoms with van der Waals surface area (Å²) in [6, 6.07) is -0.540. The molecule has 0 aromatic heterocycles. The molecule has 0 bridgehead atoms. The van der Waals surface area contributed by atoms with Crippen molar-refractivity contribution in [2.75, 3.05) is 7.11 Å². The number of amides is 1. The Kier molecular flexibility index (Phi) is 11.2. The summed E-state index contributed by atoms with van der Waals surface area (Å²) in [4.78, 5) is 24.1. The maximum atomic E-state index is 12.1. The number of alkyl carbamates (subject to hydrolysis) is 1. The van der Waals surface area contributed by atoms with Gasteiger partial charge in [0.2, 0.25) is 0 Å². The molecule has 0 saturated heterocycles. The van der Waals surface area contributed by atoms with Gasteiger partial charge in [-0.25, -0.2) is 4.79 Å². The van der Waals surface area contributed by atoms with Gasteiger partial charge in [-0.05, 0) is 39.5 Å². The predicted molar refractivity (Wildman–Crippen MR) is 93.6 cm³/mol. The molecule has 1 fully saturated rings. The number of esters is 1. The van der Waals surface area contributed by atoms with Gasteiger partial charge in [0.1, 0.15) is 5.60 Å². The molecule has 143 valence electrons. The Bertz CT molecular complexity index is 435. The van der Waals surface area contributed by atoms with Gasteiger partial charge >= 0.3 is 12.1 Å². The Labute approximate surface area is 187 Å².